The SMILES string of the molecule is CC(C)C1CCC(C(C)(O)CNCc2ccc3ccccc3c2F)CC1. The monoisotopic (exact) mass is 357 g/mol. The van der Waals surface area contributed by atoms with Gasteiger partial charge in [-0.05, 0) is 55.7 Å². The molecule has 2 nitrogen and oxygen atoms in total. The number of aliphatic hydroxyl groups is 1. The summed E-state index contributed by atoms with van der Waals surface area (Å²) >= 11 is 0. The van der Waals surface area contributed by atoms with E-state index in [2.05, 4.69) is 19.2 Å². The number of fused-ring (bicyclic) bond motifs is 1. The highest BCUT2D eigenvalue weighted by molar-refractivity contribution is 5.83. The Bertz CT molecular complexity index is 732. The molecule has 0 heterocycles. The third kappa shape index (κ3) is 4.27. The average molecular weight is 358 g/mol. The third-order valence-corrected chi connectivity index (χ3v) is 6.34. The molecule has 2 aromatic carbocycles. The second-order valence-corrected chi connectivity index (χ2v) is 8.58. The molecule has 0 aromatic heterocycles. The van der Waals surface area contributed by atoms with Gasteiger partial charge in [0.1, 0.15) is 5.82 Å². The molecule has 142 valence electrons. The van der Waals surface area contributed by atoms with Crippen LogP contribution in [0.15, 0.2) is 36.4 Å². The number of hydrogen-bond donors (Lipinski definition) is 2. The minimum absolute atomic E-state index is 0.160. The lowest BCUT2D eigenvalue weighted by molar-refractivity contribution is -0.0240. The van der Waals surface area contributed by atoms with E-state index < -0.39 is 5.60 Å². The first-order chi connectivity index (χ1) is 12.4. The third-order valence-electron chi connectivity index (χ3n) is 6.34. The van der Waals surface area contributed by atoms with Gasteiger partial charge in [0.15, 0.2) is 0 Å². The molecule has 0 amide bonds. The molecule has 0 radical (unpaired) electrons. The van der Waals surface area contributed by atoms with E-state index in [-0.39, 0.29) is 5.82 Å². The fraction of sp³-hybridized carbons (Fsp3) is 0.565. The van der Waals surface area contributed by atoms with Crippen molar-refractivity contribution in [3.63, 3.8) is 0 Å². The van der Waals surface area contributed by atoms with E-state index in [0.717, 1.165) is 30.1 Å². The normalized spacial score (nSPS) is 23.3. The lowest BCUT2D eigenvalue weighted by Crippen LogP contribution is -2.45. The molecule has 3 rings (SSSR count). The highest BCUT2D eigenvalue weighted by Crippen LogP contribution is 2.38. The van der Waals surface area contributed by atoms with Gasteiger partial charge in [-0.2, -0.15) is 0 Å². The fourth-order valence-corrected chi connectivity index (χ4v) is 4.42. The van der Waals surface area contributed by atoms with Gasteiger partial charge in [-0.25, -0.2) is 4.39 Å². The molecule has 1 aliphatic carbocycles. The molecule has 1 aliphatic rings. The Morgan fingerprint density at radius 3 is 2.50 bits per heavy atom. The van der Waals surface area contributed by atoms with Gasteiger partial charge in [0.05, 0.1) is 5.60 Å². The largest absolute Gasteiger partial charge is 0.389 e. The van der Waals surface area contributed by atoms with Gasteiger partial charge in [0, 0.05) is 24.0 Å². The Kier molecular flexibility index (Phi) is 5.99. The fourth-order valence-electron chi connectivity index (χ4n) is 4.42. The highest BCUT2D eigenvalue weighted by atomic mass is 19.1. The van der Waals surface area contributed by atoms with Gasteiger partial charge < -0.3 is 10.4 Å². The summed E-state index contributed by atoms with van der Waals surface area (Å²) in [5.74, 6) is 1.69. The van der Waals surface area contributed by atoms with E-state index in [1.54, 1.807) is 0 Å². The summed E-state index contributed by atoms with van der Waals surface area (Å²) in [5.41, 5.74) is -0.0852. The van der Waals surface area contributed by atoms with Crippen molar-refractivity contribution in [3.8, 4) is 0 Å². The van der Waals surface area contributed by atoms with Crippen molar-refractivity contribution in [2.45, 2.75) is 58.6 Å². The lowest BCUT2D eigenvalue weighted by atomic mass is 9.71. The number of nitrogens with one attached hydrogen (secondary N) is 1. The summed E-state index contributed by atoms with van der Waals surface area (Å²) in [6.45, 7) is 7.45. The van der Waals surface area contributed by atoms with Crippen LogP contribution in [0.1, 0.15) is 52.0 Å². The molecule has 1 unspecified atom stereocenters. The summed E-state index contributed by atoms with van der Waals surface area (Å²) in [5, 5.41) is 15.8. The number of benzene rings is 2. The van der Waals surface area contributed by atoms with Crippen molar-refractivity contribution in [1.29, 1.82) is 0 Å². The first-order valence-corrected chi connectivity index (χ1v) is 9.97. The first kappa shape index (κ1) is 19.3. The van der Waals surface area contributed by atoms with Crippen molar-refractivity contribution in [2.24, 2.45) is 17.8 Å². The molecule has 26 heavy (non-hydrogen) atoms. The predicted molar refractivity (Wildman–Crippen MR) is 107 cm³/mol. The summed E-state index contributed by atoms with van der Waals surface area (Å²) in [4.78, 5) is 0. The van der Waals surface area contributed by atoms with E-state index in [0.29, 0.717) is 30.0 Å². The Morgan fingerprint density at radius 2 is 1.81 bits per heavy atom. The molecular weight excluding hydrogens is 325 g/mol. The summed E-state index contributed by atoms with van der Waals surface area (Å²) in [6.07, 6.45) is 4.58. The molecular formula is C23H32FNO. The van der Waals surface area contributed by atoms with Crippen molar-refractivity contribution in [3.05, 3.63) is 47.8 Å². The van der Waals surface area contributed by atoms with Crippen molar-refractivity contribution < 1.29 is 9.50 Å². The zero-order valence-electron chi connectivity index (χ0n) is 16.3. The Morgan fingerprint density at radius 1 is 1.12 bits per heavy atom. The van der Waals surface area contributed by atoms with Gasteiger partial charge in [-0.15, -0.1) is 0 Å². The minimum Gasteiger partial charge on any atom is -0.389 e. The zero-order valence-corrected chi connectivity index (χ0v) is 16.3. The number of hydrogen-bond acceptors (Lipinski definition) is 2. The smallest absolute Gasteiger partial charge is 0.135 e. The first-order valence-electron chi connectivity index (χ1n) is 9.97. The molecule has 1 saturated carbocycles. The maximum Gasteiger partial charge on any atom is 0.135 e. The molecule has 0 aliphatic heterocycles. The maximum absolute atomic E-state index is 14.7. The van der Waals surface area contributed by atoms with Crippen molar-refractivity contribution in [1.82, 2.24) is 5.32 Å². The van der Waals surface area contributed by atoms with Crippen LogP contribution in [-0.4, -0.2) is 17.3 Å². The van der Waals surface area contributed by atoms with Gasteiger partial charge in [0.25, 0.3) is 0 Å². The van der Waals surface area contributed by atoms with E-state index in [4.69, 9.17) is 0 Å². The maximum atomic E-state index is 14.7. The molecule has 1 fully saturated rings. The minimum atomic E-state index is -0.741. The average Bonchev–Trinajstić information content (AvgIpc) is 2.64. The van der Waals surface area contributed by atoms with Gasteiger partial charge in [-0.3, -0.25) is 0 Å². The predicted octanol–water partition coefficient (Wildman–Crippen LogP) is 5.28. The quantitative estimate of drug-likeness (QED) is 0.737. The molecule has 1 atom stereocenters. The summed E-state index contributed by atoms with van der Waals surface area (Å²) < 4.78 is 14.7. The van der Waals surface area contributed by atoms with Crippen LogP contribution in [0, 0.1) is 23.6 Å². The van der Waals surface area contributed by atoms with Crippen LogP contribution < -0.4 is 5.32 Å². The summed E-state index contributed by atoms with van der Waals surface area (Å²) in [6, 6.07) is 11.3. The van der Waals surface area contributed by atoms with Crippen LogP contribution in [-0.2, 0) is 6.54 Å². The Hall–Kier alpha value is -1.45. The van der Waals surface area contributed by atoms with Crippen LogP contribution in [0.2, 0.25) is 0 Å². The van der Waals surface area contributed by atoms with Crippen LogP contribution >= 0.6 is 0 Å². The molecule has 2 N–H and O–H groups in total. The van der Waals surface area contributed by atoms with E-state index >= 15 is 0 Å². The molecule has 0 saturated heterocycles. The van der Waals surface area contributed by atoms with E-state index in [1.807, 2.05) is 43.3 Å². The number of halogens is 1. The second kappa shape index (κ2) is 8.06. The van der Waals surface area contributed by atoms with Crippen molar-refractivity contribution in [2.75, 3.05) is 6.54 Å². The van der Waals surface area contributed by atoms with Crippen LogP contribution in [0.3, 0.4) is 0 Å². The van der Waals surface area contributed by atoms with Crippen LogP contribution in [0.25, 0.3) is 10.8 Å². The molecule has 0 bridgehead atoms. The Labute approximate surface area is 156 Å². The summed E-state index contributed by atoms with van der Waals surface area (Å²) in [7, 11) is 0. The second-order valence-electron chi connectivity index (χ2n) is 8.58. The van der Waals surface area contributed by atoms with Crippen LogP contribution in [0.5, 0.6) is 0 Å². The topological polar surface area (TPSA) is 32.3 Å². The van der Waals surface area contributed by atoms with Gasteiger partial charge in [0.2, 0.25) is 0 Å². The molecule has 0 spiro atoms. The van der Waals surface area contributed by atoms with E-state index in [1.165, 1.54) is 12.8 Å². The molecule has 3 heteroatoms. The van der Waals surface area contributed by atoms with Crippen LogP contribution in [0.4, 0.5) is 4.39 Å². The van der Waals surface area contributed by atoms with Gasteiger partial charge >= 0.3 is 0 Å². The number of rotatable bonds is 6. The lowest BCUT2D eigenvalue weighted by Gasteiger charge is -2.39. The van der Waals surface area contributed by atoms with E-state index in [9.17, 15) is 9.50 Å². The van der Waals surface area contributed by atoms with Crippen molar-refractivity contribution >= 4 is 10.8 Å². The zero-order chi connectivity index (χ0) is 18.7. The Balaban J connectivity index is 1.56. The molecule has 2 aromatic rings. The van der Waals surface area contributed by atoms with Gasteiger partial charge in [-0.1, -0.05) is 50.2 Å². The highest BCUT2D eigenvalue weighted by Gasteiger charge is 2.35. The standard InChI is InChI=1S/C23H32FNO/c1-16(2)17-10-12-20(13-11-17)23(3,26)15-25-14-19-9-8-18-6-4-5-7-21(18)22(19)24/h4-9,16-17,20,25-26H,10-15H2,1-3H3.